The molecule has 2 aromatic carbocycles. The normalized spacial score (nSPS) is 10.8. The molecule has 3 rings (SSSR count). The Balaban J connectivity index is 1.98. The van der Waals surface area contributed by atoms with Gasteiger partial charge in [-0.05, 0) is 29.8 Å². The van der Waals surface area contributed by atoms with Crippen molar-refractivity contribution >= 4 is 22.9 Å². The van der Waals surface area contributed by atoms with E-state index in [9.17, 15) is 4.79 Å². The van der Waals surface area contributed by atoms with Gasteiger partial charge in [-0.2, -0.15) is 0 Å². The summed E-state index contributed by atoms with van der Waals surface area (Å²) in [4.78, 5) is 19.8. The molecule has 8 nitrogen and oxygen atoms in total. The summed E-state index contributed by atoms with van der Waals surface area (Å²) in [5.41, 5.74) is 1.39. The number of hydrogen-bond donors (Lipinski definition) is 0. The molecule has 0 aliphatic heterocycles. The molecule has 0 aliphatic carbocycles. The summed E-state index contributed by atoms with van der Waals surface area (Å²) in [5.74, 6) is 1.92. The van der Waals surface area contributed by atoms with E-state index >= 15 is 0 Å². The zero-order valence-corrected chi connectivity index (χ0v) is 16.5. The first-order valence-corrected chi connectivity index (χ1v) is 8.58. The van der Waals surface area contributed by atoms with Crippen molar-refractivity contribution in [2.24, 2.45) is 0 Å². The molecular weight excluding hydrogens is 376 g/mol. The van der Waals surface area contributed by atoms with Crippen molar-refractivity contribution in [3.05, 3.63) is 48.3 Å². The molecule has 150 valence electrons. The highest BCUT2D eigenvalue weighted by Gasteiger charge is 2.14. The number of ether oxygens (including phenoxy) is 5. The second-order valence-electron chi connectivity index (χ2n) is 5.77. The summed E-state index contributed by atoms with van der Waals surface area (Å²) in [7, 11) is 5.96. The van der Waals surface area contributed by atoms with Crippen LogP contribution in [0.5, 0.6) is 28.9 Å². The second kappa shape index (κ2) is 8.92. The fourth-order valence-electron chi connectivity index (χ4n) is 2.65. The van der Waals surface area contributed by atoms with Gasteiger partial charge in [0, 0.05) is 12.1 Å². The van der Waals surface area contributed by atoms with Gasteiger partial charge in [-0.25, -0.2) is 14.8 Å². The van der Waals surface area contributed by atoms with Crippen molar-refractivity contribution in [1.29, 1.82) is 0 Å². The van der Waals surface area contributed by atoms with Crippen LogP contribution >= 0.6 is 0 Å². The van der Waals surface area contributed by atoms with Crippen LogP contribution in [0, 0.1) is 0 Å². The molecule has 0 bridgehead atoms. The number of aromatic nitrogens is 2. The van der Waals surface area contributed by atoms with Crippen molar-refractivity contribution in [2.45, 2.75) is 0 Å². The van der Waals surface area contributed by atoms with Crippen molar-refractivity contribution in [2.75, 3.05) is 28.4 Å². The smallest absolute Gasteiger partial charge is 0.330 e. The average Bonchev–Trinajstić information content (AvgIpc) is 2.77. The van der Waals surface area contributed by atoms with Crippen LogP contribution in [-0.2, 0) is 9.53 Å². The summed E-state index contributed by atoms with van der Waals surface area (Å²) in [6.45, 7) is 0. The summed E-state index contributed by atoms with van der Waals surface area (Å²) in [6, 6.07) is 8.75. The van der Waals surface area contributed by atoms with Gasteiger partial charge in [0.15, 0.2) is 23.0 Å². The number of carbonyl (C=O) groups excluding carboxylic acids is 1. The minimum atomic E-state index is -0.443. The lowest BCUT2D eigenvalue weighted by atomic mass is 10.2. The van der Waals surface area contributed by atoms with Crippen LogP contribution in [0.15, 0.2) is 42.7 Å². The van der Waals surface area contributed by atoms with Crippen LogP contribution < -0.4 is 18.9 Å². The molecule has 0 fully saturated rings. The monoisotopic (exact) mass is 396 g/mol. The molecule has 0 saturated heterocycles. The van der Waals surface area contributed by atoms with Crippen LogP contribution in [0.4, 0.5) is 0 Å². The standard InChI is InChI=1S/C21H20N2O6/c1-25-17-9-13(6-8-20(24)28-4)5-7-16(17)29-21-14-10-18(26-2)19(27-3)11-15(14)22-12-23-21/h5-12H,1-4H3. The molecule has 3 aromatic rings. The Morgan fingerprint density at radius 2 is 1.55 bits per heavy atom. The Morgan fingerprint density at radius 1 is 0.862 bits per heavy atom. The first-order chi connectivity index (χ1) is 14.1. The number of carbonyl (C=O) groups is 1. The molecule has 0 aliphatic rings. The molecule has 1 heterocycles. The highest BCUT2D eigenvalue weighted by atomic mass is 16.5. The van der Waals surface area contributed by atoms with E-state index in [1.807, 2.05) is 0 Å². The predicted molar refractivity (Wildman–Crippen MR) is 107 cm³/mol. The summed E-state index contributed by atoms with van der Waals surface area (Å²) in [5, 5.41) is 0.655. The van der Waals surface area contributed by atoms with Gasteiger partial charge in [-0.3, -0.25) is 0 Å². The number of benzene rings is 2. The quantitative estimate of drug-likeness (QED) is 0.442. The van der Waals surface area contributed by atoms with Crippen LogP contribution in [0.1, 0.15) is 5.56 Å². The number of rotatable bonds is 7. The topological polar surface area (TPSA) is 89.0 Å². The number of hydrogen-bond acceptors (Lipinski definition) is 8. The van der Waals surface area contributed by atoms with E-state index in [-0.39, 0.29) is 0 Å². The fourth-order valence-corrected chi connectivity index (χ4v) is 2.65. The molecular formula is C21H20N2O6. The molecule has 1 aromatic heterocycles. The number of esters is 1. The lowest BCUT2D eigenvalue weighted by molar-refractivity contribution is -0.134. The molecule has 29 heavy (non-hydrogen) atoms. The molecule has 0 spiro atoms. The van der Waals surface area contributed by atoms with Gasteiger partial charge in [-0.1, -0.05) is 6.07 Å². The molecule has 0 atom stereocenters. The maximum absolute atomic E-state index is 11.3. The third-order valence-electron chi connectivity index (χ3n) is 4.11. The summed E-state index contributed by atoms with van der Waals surface area (Å²) < 4.78 is 26.7. The van der Waals surface area contributed by atoms with Crippen molar-refractivity contribution in [3.63, 3.8) is 0 Å². The van der Waals surface area contributed by atoms with Gasteiger partial charge in [0.05, 0.1) is 39.3 Å². The van der Waals surface area contributed by atoms with Gasteiger partial charge in [0.25, 0.3) is 0 Å². The molecule has 0 radical (unpaired) electrons. The van der Waals surface area contributed by atoms with Crippen molar-refractivity contribution < 1.29 is 28.5 Å². The molecule has 0 N–H and O–H groups in total. The van der Waals surface area contributed by atoms with Crippen molar-refractivity contribution in [3.8, 4) is 28.9 Å². The first kappa shape index (κ1) is 19.9. The van der Waals surface area contributed by atoms with Crippen molar-refractivity contribution in [1.82, 2.24) is 9.97 Å². The van der Waals surface area contributed by atoms with Crippen LogP contribution in [-0.4, -0.2) is 44.4 Å². The van der Waals surface area contributed by atoms with Gasteiger partial charge < -0.3 is 23.7 Å². The Labute approximate surface area is 167 Å². The van der Waals surface area contributed by atoms with Crippen LogP contribution in [0.3, 0.4) is 0 Å². The second-order valence-corrected chi connectivity index (χ2v) is 5.77. The highest BCUT2D eigenvalue weighted by molar-refractivity contribution is 5.88. The van der Waals surface area contributed by atoms with Gasteiger partial charge in [0.2, 0.25) is 5.88 Å². The van der Waals surface area contributed by atoms with Gasteiger partial charge >= 0.3 is 5.97 Å². The fraction of sp³-hybridized carbons (Fsp3) is 0.190. The van der Waals surface area contributed by atoms with Crippen LogP contribution in [0.2, 0.25) is 0 Å². The van der Waals surface area contributed by atoms with Crippen LogP contribution in [0.25, 0.3) is 17.0 Å². The SMILES string of the molecule is COC(=O)C=Cc1ccc(Oc2ncnc3cc(OC)c(OC)cc23)c(OC)c1. The summed E-state index contributed by atoms with van der Waals surface area (Å²) in [6.07, 6.45) is 4.35. The number of fused-ring (bicyclic) bond motifs is 1. The molecule has 0 unspecified atom stereocenters. The third kappa shape index (κ3) is 4.37. The maximum atomic E-state index is 11.3. The van der Waals surface area contributed by atoms with E-state index in [0.717, 1.165) is 5.56 Å². The molecule has 8 heteroatoms. The van der Waals surface area contributed by atoms with E-state index in [0.29, 0.717) is 39.8 Å². The van der Waals surface area contributed by atoms with Gasteiger partial charge in [0.1, 0.15) is 6.33 Å². The zero-order valence-electron chi connectivity index (χ0n) is 16.5. The lowest BCUT2D eigenvalue weighted by Gasteiger charge is -2.13. The molecule has 0 amide bonds. The van der Waals surface area contributed by atoms with E-state index in [1.165, 1.54) is 26.6 Å². The van der Waals surface area contributed by atoms with E-state index in [4.69, 9.17) is 18.9 Å². The minimum Gasteiger partial charge on any atom is -0.493 e. The Kier molecular flexibility index (Phi) is 6.13. The number of nitrogens with zero attached hydrogens (tertiary/aromatic N) is 2. The predicted octanol–water partition coefficient (Wildman–Crippen LogP) is 3.63. The maximum Gasteiger partial charge on any atom is 0.330 e. The number of methoxy groups -OCH3 is 4. The highest BCUT2D eigenvalue weighted by Crippen LogP contribution is 2.38. The first-order valence-electron chi connectivity index (χ1n) is 8.58. The largest absolute Gasteiger partial charge is 0.493 e. The summed E-state index contributed by atoms with van der Waals surface area (Å²) >= 11 is 0. The lowest BCUT2D eigenvalue weighted by Crippen LogP contribution is -1.97. The zero-order chi connectivity index (χ0) is 20.8. The Hall–Kier alpha value is -3.81. The third-order valence-corrected chi connectivity index (χ3v) is 4.11. The molecule has 0 saturated carbocycles. The average molecular weight is 396 g/mol. The minimum absolute atomic E-state index is 0.340. The van der Waals surface area contributed by atoms with E-state index < -0.39 is 5.97 Å². The van der Waals surface area contributed by atoms with E-state index in [1.54, 1.807) is 50.6 Å². The van der Waals surface area contributed by atoms with Gasteiger partial charge in [-0.15, -0.1) is 0 Å². The van der Waals surface area contributed by atoms with E-state index in [2.05, 4.69) is 14.7 Å². The Bertz CT molecular complexity index is 1060. The Morgan fingerprint density at radius 3 is 2.24 bits per heavy atom.